The van der Waals surface area contributed by atoms with Crippen LogP contribution in [0.25, 0.3) is 0 Å². The lowest BCUT2D eigenvalue weighted by molar-refractivity contribution is 0.522. The lowest BCUT2D eigenvalue weighted by atomic mass is 10.2. The minimum Gasteiger partial charge on any atom is -0.350 e. The van der Waals surface area contributed by atoms with Crippen molar-refractivity contribution in [3.63, 3.8) is 0 Å². The van der Waals surface area contributed by atoms with E-state index in [9.17, 15) is 0 Å². The van der Waals surface area contributed by atoms with Crippen molar-refractivity contribution in [1.29, 1.82) is 0 Å². The van der Waals surface area contributed by atoms with Crippen LogP contribution in [-0.4, -0.2) is 19.3 Å². The first-order chi connectivity index (χ1) is 9.24. The van der Waals surface area contributed by atoms with E-state index in [4.69, 9.17) is 0 Å². The van der Waals surface area contributed by atoms with Crippen molar-refractivity contribution >= 4 is 5.95 Å². The third kappa shape index (κ3) is 2.50. The van der Waals surface area contributed by atoms with Crippen molar-refractivity contribution in [1.82, 2.24) is 19.3 Å². The lowest BCUT2D eigenvalue weighted by Gasteiger charge is -2.15. The van der Waals surface area contributed by atoms with Gasteiger partial charge >= 0.3 is 0 Å². The van der Waals surface area contributed by atoms with Crippen LogP contribution in [0.1, 0.15) is 43.1 Å². The highest BCUT2D eigenvalue weighted by Crippen LogP contribution is 2.32. The van der Waals surface area contributed by atoms with E-state index in [0.29, 0.717) is 6.04 Å². The van der Waals surface area contributed by atoms with E-state index < -0.39 is 0 Å². The molecule has 1 fully saturated rings. The van der Waals surface area contributed by atoms with Gasteiger partial charge in [-0.3, -0.25) is 4.68 Å². The van der Waals surface area contributed by atoms with Gasteiger partial charge in [0.15, 0.2) is 0 Å². The van der Waals surface area contributed by atoms with Crippen LogP contribution in [0.4, 0.5) is 5.95 Å². The molecule has 5 heteroatoms. The molecule has 5 nitrogen and oxygen atoms in total. The monoisotopic (exact) mass is 259 g/mol. The lowest BCUT2D eigenvalue weighted by Crippen LogP contribution is -2.12. The molecule has 1 saturated carbocycles. The number of nitrogens with zero attached hydrogens (tertiary/aromatic N) is 4. The minimum absolute atomic E-state index is 0.621. The zero-order valence-corrected chi connectivity index (χ0v) is 11.6. The molecule has 1 aliphatic carbocycles. The molecule has 0 saturated heterocycles. The first-order valence-electron chi connectivity index (χ1n) is 7.00. The highest BCUT2D eigenvalue weighted by molar-refractivity contribution is 5.30. The van der Waals surface area contributed by atoms with E-state index in [1.807, 2.05) is 24.0 Å². The van der Waals surface area contributed by atoms with Gasteiger partial charge < -0.3 is 9.88 Å². The minimum atomic E-state index is 0.621. The standard InChI is InChI=1S/C14H21N5/c1-11-10-19(12-5-3-4-6-12)14(17-11)15-9-13-7-8-16-18(13)2/h7-8,10,12H,3-6,9H2,1-2H3,(H,15,17). The van der Waals surface area contributed by atoms with Crippen molar-refractivity contribution in [3.8, 4) is 0 Å². The summed E-state index contributed by atoms with van der Waals surface area (Å²) < 4.78 is 4.21. The highest BCUT2D eigenvalue weighted by Gasteiger charge is 2.20. The quantitative estimate of drug-likeness (QED) is 0.918. The Hall–Kier alpha value is -1.78. The van der Waals surface area contributed by atoms with E-state index in [0.717, 1.165) is 18.2 Å². The van der Waals surface area contributed by atoms with Gasteiger partial charge in [0.1, 0.15) is 0 Å². The second-order valence-electron chi connectivity index (χ2n) is 5.35. The summed E-state index contributed by atoms with van der Waals surface area (Å²) in [6.45, 7) is 2.82. The smallest absolute Gasteiger partial charge is 0.203 e. The maximum absolute atomic E-state index is 4.61. The van der Waals surface area contributed by atoms with Gasteiger partial charge in [-0.2, -0.15) is 5.10 Å². The zero-order valence-electron chi connectivity index (χ0n) is 11.6. The van der Waals surface area contributed by atoms with Crippen LogP contribution in [0.15, 0.2) is 18.5 Å². The van der Waals surface area contributed by atoms with Gasteiger partial charge in [0.25, 0.3) is 0 Å². The van der Waals surface area contributed by atoms with Gasteiger partial charge in [0.05, 0.1) is 17.9 Å². The molecule has 2 aromatic rings. The summed E-state index contributed by atoms with van der Waals surface area (Å²) in [7, 11) is 1.96. The van der Waals surface area contributed by atoms with Crippen molar-refractivity contribution < 1.29 is 0 Å². The van der Waals surface area contributed by atoms with Crippen molar-refractivity contribution in [3.05, 3.63) is 29.8 Å². The second-order valence-corrected chi connectivity index (χ2v) is 5.35. The van der Waals surface area contributed by atoms with Crippen molar-refractivity contribution in [2.75, 3.05) is 5.32 Å². The zero-order chi connectivity index (χ0) is 13.2. The number of nitrogens with one attached hydrogen (secondary N) is 1. The van der Waals surface area contributed by atoms with E-state index in [1.165, 1.54) is 31.4 Å². The van der Waals surface area contributed by atoms with Crippen LogP contribution in [0.3, 0.4) is 0 Å². The fourth-order valence-electron chi connectivity index (χ4n) is 2.85. The predicted molar refractivity (Wildman–Crippen MR) is 75.0 cm³/mol. The molecule has 0 bridgehead atoms. The normalized spacial score (nSPS) is 16.1. The first kappa shape index (κ1) is 12.3. The number of anilines is 1. The van der Waals surface area contributed by atoms with E-state index in [1.54, 1.807) is 0 Å². The molecule has 0 aliphatic heterocycles. The molecule has 19 heavy (non-hydrogen) atoms. The molecular weight excluding hydrogens is 238 g/mol. The van der Waals surface area contributed by atoms with Crippen molar-refractivity contribution in [2.24, 2.45) is 7.05 Å². The SMILES string of the molecule is Cc1cn(C2CCCC2)c(NCc2ccnn2C)n1. The summed E-state index contributed by atoms with van der Waals surface area (Å²) in [6.07, 6.45) is 9.21. The summed E-state index contributed by atoms with van der Waals surface area (Å²) in [5.41, 5.74) is 2.25. The summed E-state index contributed by atoms with van der Waals surface area (Å²) in [6, 6.07) is 2.65. The Morgan fingerprint density at radius 1 is 1.37 bits per heavy atom. The van der Waals surface area contributed by atoms with Gasteiger partial charge in [-0.15, -0.1) is 0 Å². The highest BCUT2D eigenvalue weighted by atomic mass is 15.3. The molecule has 0 atom stereocenters. The van der Waals surface area contributed by atoms with Crippen molar-refractivity contribution in [2.45, 2.75) is 45.2 Å². The van der Waals surface area contributed by atoms with Crippen LogP contribution in [-0.2, 0) is 13.6 Å². The first-order valence-corrected chi connectivity index (χ1v) is 7.00. The topological polar surface area (TPSA) is 47.7 Å². The largest absolute Gasteiger partial charge is 0.350 e. The molecular formula is C14H21N5. The molecule has 0 radical (unpaired) electrons. The van der Waals surface area contributed by atoms with Gasteiger partial charge in [-0.25, -0.2) is 4.98 Å². The average Bonchev–Trinajstić information content (AvgIpc) is 3.07. The summed E-state index contributed by atoms with van der Waals surface area (Å²) in [4.78, 5) is 4.61. The van der Waals surface area contributed by atoms with Gasteiger partial charge in [-0.1, -0.05) is 12.8 Å². The number of hydrogen-bond donors (Lipinski definition) is 1. The van der Waals surface area contributed by atoms with Crippen LogP contribution in [0.2, 0.25) is 0 Å². The Morgan fingerprint density at radius 2 is 2.16 bits per heavy atom. The molecule has 3 rings (SSSR count). The third-order valence-corrected chi connectivity index (χ3v) is 3.92. The Bertz CT molecular complexity index is 548. The predicted octanol–water partition coefficient (Wildman–Crippen LogP) is 2.65. The Kier molecular flexibility index (Phi) is 3.27. The van der Waals surface area contributed by atoms with Crippen LogP contribution >= 0.6 is 0 Å². The fraction of sp³-hybridized carbons (Fsp3) is 0.571. The molecule has 2 aromatic heterocycles. The van der Waals surface area contributed by atoms with E-state index >= 15 is 0 Å². The van der Waals surface area contributed by atoms with E-state index in [-0.39, 0.29) is 0 Å². The van der Waals surface area contributed by atoms with Crippen LogP contribution in [0.5, 0.6) is 0 Å². The van der Waals surface area contributed by atoms with Crippen LogP contribution in [0, 0.1) is 6.92 Å². The molecule has 0 unspecified atom stereocenters. The second kappa shape index (κ2) is 5.07. The molecule has 2 heterocycles. The molecule has 1 aliphatic rings. The molecule has 102 valence electrons. The Balaban J connectivity index is 1.75. The third-order valence-electron chi connectivity index (χ3n) is 3.92. The molecule has 0 spiro atoms. The van der Waals surface area contributed by atoms with E-state index in [2.05, 4.69) is 33.1 Å². The summed E-state index contributed by atoms with van der Waals surface area (Å²) in [5, 5.41) is 7.63. The van der Waals surface area contributed by atoms with Crippen LogP contribution < -0.4 is 5.32 Å². The maximum atomic E-state index is 4.61. The molecule has 0 aromatic carbocycles. The van der Waals surface area contributed by atoms with Gasteiger partial charge in [-0.05, 0) is 25.8 Å². The number of imidazole rings is 1. The fourth-order valence-corrected chi connectivity index (χ4v) is 2.85. The van der Waals surface area contributed by atoms with Gasteiger partial charge in [0, 0.05) is 25.5 Å². The summed E-state index contributed by atoms with van der Waals surface area (Å²) >= 11 is 0. The number of rotatable bonds is 4. The number of aryl methyl sites for hydroxylation is 2. The van der Waals surface area contributed by atoms with Gasteiger partial charge in [0.2, 0.25) is 5.95 Å². The Labute approximate surface area is 113 Å². The Morgan fingerprint density at radius 3 is 2.84 bits per heavy atom. The number of aromatic nitrogens is 4. The molecule has 1 N–H and O–H groups in total. The maximum Gasteiger partial charge on any atom is 0.203 e. The number of hydrogen-bond acceptors (Lipinski definition) is 3. The molecule has 0 amide bonds. The average molecular weight is 259 g/mol. The summed E-state index contributed by atoms with van der Waals surface area (Å²) in [5.74, 6) is 0.991.